The minimum atomic E-state index is 0.392. The first kappa shape index (κ1) is 15.3. The zero-order valence-electron chi connectivity index (χ0n) is 12.9. The Labute approximate surface area is 122 Å². The molecule has 0 amide bonds. The molecule has 1 saturated heterocycles. The first-order valence-corrected chi connectivity index (χ1v) is 7.68. The van der Waals surface area contributed by atoms with Crippen molar-refractivity contribution >= 4 is 0 Å². The molecule has 4 heteroatoms. The maximum atomic E-state index is 5.27. The van der Waals surface area contributed by atoms with Crippen molar-refractivity contribution in [2.24, 2.45) is 5.92 Å². The molecule has 2 rings (SSSR count). The van der Waals surface area contributed by atoms with Crippen LogP contribution in [0, 0.1) is 5.92 Å². The van der Waals surface area contributed by atoms with Crippen molar-refractivity contribution < 1.29 is 4.74 Å². The van der Waals surface area contributed by atoms with E-state index in [1.54, 1.807) is 7.11 Å². The standard InChI is InChI=1S/C16H27N3O/c1-4-10-17-12-13-7-6-11-19(2)16(13)14-8-5-9-15(18-14)20-3/h5,8-9,13,16-17H,4,6-7,10-12H2,1-3H3. The van der Waals surface area contributed by atoms with E-state index in [0.29, 0.717) is 17.8 Å². The van der Waals surface area contributed by atoms with Gasteiger partial charge in [0.2, 0.25) is 5.88 Å². The molecule has 0 bridgehead atoms. The molecule has 1 fully saturated rings. The third kappa shape index (κ3) is 3.70. The van der Waals surface area contributed by atoms with Crippen molar-refractivity contribution in [2.45, 2.75) is 32.2 Å². The second-order valence-corrected chi connectivity index (χ2v) is 5.64. The van der Waals surface area contributed by atoms with E-state index in [-0.39, 0.29) is 0 Å². The van der Waals surface area contributed by atoms with Crippen LogP contribution >= 0.6 is 0 Å². The van der Waals surface area contributed by atoms with Gasteiger partial charge in [0.25, 0.3) is 0 Å². The summed E-state index contributed by atoms with van der Waals surface area (Å²) in [4.78, 5) is 7.09. The van der Waals surface area contributed by atoms with E-state index in [2.05, 4.69) is 35.2 Å². The quantitative estimate of drug-likeness (QED) is 0.811. The second kappa shape index (κ2) is 7.60. The molecule has 1 aliphatic heterocycles. The fraction of sp³-hybridized carbons (Fsp3) is 0.688. The first-order valence-electron chi connectivity index (χ1n) is 7.68. The van der Waals surface area contributed by atoms with Crippen LogP contribution < -0.4 is 10.1 Å². The summed E-state index contributed by atoms with van der Waals surface area (Å²) in [5.41, 5.74) is 1.13. The molecule has 2 atom stereocenters. The number of nitrogens with zero attached hydrogens (tertiary/aromatic N) is 2. The maximum Gasteiger partial charge on any atom is 0.213 e. The van der Waals surface area contributed by atoms with Crippen LogP contribution in [-0.2, 0) is 0 Å². The van der Waals surface area contributed by atoms with Crippen LogP contribution in [-0.4, -0.2) is 43.7 Å². The number of aromatic nitrogens is 1. The molecule has 0 radical (unpaired) electrons. The predicted octanol–water partition coefficient (Wildman–Crippen LogP) is 2.47. The van der Waals surface area contributed by atoms with Gasteiger partial charge in [-0.3, -0.25) is 4.90 Å². The third-order valence-electron chi connectivity index (χ3n) is 4.10. The monoisotopic (exact) mass is 277 g/mol. The number of likely N-dealkylation sites (tertiary alicyclic amines) is 1. The van der Waals surface area contributed by atoms with E-state index in [9.17, 15) is 0 Å². The molecule has 0 saturated carbocycles. The average Bonchev–Trinajstić information content (AvgIpc) is 2.48. The molecule has 4 nitrogen and oxygen atoms in total. The average molecular weight is 277 g/mol. The van der Waals surface area contributed by atoms with Gasteiger partial charge in [0.1, 0.15) is 0 Å². The topological polar surface area (TPSA) is 37.4 Å². The van der Waals surface area contributed by atoms with Crippen LogP contribution in [0.2, 0.25) is 0 Å². The molecule has 112 valence electrons. The molecule has 1 aromatic heterocycles. The third-order valence-corrected chi connectivity index (χ3v) is 4.10. The Morgan fingerprint density at radius 1 is 1.45 bits per heavy atom. The summed E-state index contributed by atoms with van der Waals surface area (Å²) in [6.07, 6.45) is 3.73. The summed E-state index contributed by atoms with van der Waals surface area (Å²) in [5, 5.41) is 3.57. The molecule has 0 aliphatic carbocycles. The molecular weight excluding hydrogens is 250 g/mol. The summed E-state index contributed by atoms with van der Waals surface area (Å²) in [6.45, 7) is 5.52. The maximum absolute atomic E-state index is 5.27. The van der Waals surface area contributed by atoms with Gasteiger partial charge in [0.05, 0.1) is 18.8 Å². The Kier molecular flexibility index (Phi) is 5.80. The van der Waals surface area contributed by atoms with Crippen molar-refractivity contribution in [1.29, 1.82) is 0 Å². The number of ether oxygens (including phenoxy) is 1. The number of pyridine rings is 1. The van der Waals surface area contributed by atoms with Crippen molar-refractivity contribution in [3.05, 3.63) is 23.9 Å². The Balaban J connectivity index is 2.13. The van der Waals surface area contributed by atoms with Crippen LogP contribution in [0.15, 0.2) is 18.2 Å². The van der Waals surface area contributed by atoms with Crippen LogP contribution in [0.4, 0.5) is 0 Å². The fourth-order valence-corrected chi connectivity index (χ4v) is 3.11. The van der Waals surface area contributed by atoms with Gasteiger partial charge < -0.3 is 10.1 Å². The van der Waals surface area contributed by atoms with Crippen LogP contribution in [0.3, 0.4) is 0 Å². The second-order valence-electron chi connectivity index (χ2n) is 5.64. The lowest BCUT2D eigenvalue weighted by atomic mass is 9.87. The number of rotatable bonds is 6. The van der Waals surface area contributed by atoms with Crippen LogP contribution in [0.1, 0.15) is 37.9 Å². The number of hydrogen-bond donors (Lipinski definition) is 1. The number of hydrogen-bond acceptors (Lipinski definition) is 4. The van der Waals surface area contributed by atoms with E-state index in [1.165, 1.54) is 19.3 Å². The summed E-state index contributed by atoms with van der Waals surface area (Å²) in [5.74, 6) is 1.33. The predicted molar refractivity (Wildman–Crippen MR) is 82.0 cm³/mol. The summed E-state index contributed by atoms with van der Waals surface area (Å²) >= 11 is 0. The zero-order chi connectivity index (χ0) is 14.4. The lowest BCUT2D eigenvalue weighted by Gasteiger charge is -2.39. The molecule has 0 spiro atoms. The zero-order valence-corrected chi connectivity index (χ0v) is 12.9. The Bertz CT molecular complexity index is 410. The molecule has 1 N–H and O–H groups in total. The molecule has 1 aliphatic rings. The molecule has 20 heavy (non-hydrogen) atoms. The van der Waals surface area contributed by atoms with E-state index >= 15 is 0 Å². The summed E-state index contributed by atoms with van der Waals surface area (Å²) in [6, 6.07) is 6.47. The summed E-state index contributed by atoms with van der Waals surface area (Å²) < 4.78 is 5.27. The van der Waals surface area contributed by atoms with Gasteiger partial charge in [-0.05, 0) is 57.9 Å². The highest BCUT2D eigenvalue weighted by Gasteiger charge is 2.31. The van der Waals surface area contributed by atoms with Crippen LogP contribution in [0.5, 0.6) is 5.88 Å². The van der Waals surface area contributed by atoms with Crippen molar-refractivity contribution in [1.82, 2.24) is 15.2 Å². The van der Waals surface area contributed by atoms with Gasteiger partial charge in [0, 0.05) is 6.07 Å². The highest BCUT2D eigenvalue weighted by Crippen LogP contribution is 2.34. The number of methoxy groups -OCH3 is 1. The van der Waals surface area contributed by atoms with E-state index in [1.807, 2.05) is 12.1 Å². The number of piperidine rings is 1. The minimum Gasteiger partial charge on any atom is -0.481 e. The van der Waals surface area contributed by atoms with Crippen LogP contribution in [0.25, 0.3) is 0 Å². The van der Waals surface area contributed by atoms with Gasteiger partial charge in [-0.15, -0.1) is 0 Å². The molecular formula is C16H27N3O. The van der Waals surface area contributed by atoms with Crippen molar-refractivity contribution in [3.63, 3.8) is 0 Å². The fourth-order valence-electron chi connectivity index (χ4n) is 3.11. The lowest BCUT2D eigenvalue weighted by molar-refractivity contribution is 0.116. The van der Waals surface area contributed by atoms with Crippen molar-refractivity contribution in [2.75, 3.05) is 33.8 Å². The van der Waals surface area contributed by atoms with Gasteiger partial charge in [-0.1, -0.05) is 13.0 Å². The minimum absolute atomic E-state index is 0.392. The molecule has 2 heterocycles. The Morgan fingerprint density at radius 2 is 2.30 bits per heavy atom. The van der Waals surface area contributed by atoms with Gasteiger partial charge in [-0.25, -0.2) is 4.98 Å². The highest BCUT2D eigenvalue weighted by molar-refractivity contribution is 5.19. The van der Waals surface area contributed by atoms with Gasteiger partial charge in [0.15, 0.2) is 0 Å². The number of nitrogens with one attached hydrogen (secondary N) is 1. The highest BCUT2D eigenvalue weighted by atomic mass is 16.5. The molecule has 1 aromatic rings. The SMILES string of the molecule is CCCNCC1CCCN(C)C1c1cccc(OC)n1. The Hall–Kier alpha value is -1.13. The smallest absolute Gasteiger partial charge is 0.213 e. The molecule has 0 aromatic carbocycles. The Morgan fingerprint density at radius 3 is 3.05 bits per heavy atom. The lowest BCUT2D eigenvalue weighted by Crippen LogP contribution is -2.41. The summed E-state index contributed by atoms with van der Waals surface area (Å²) in [7, 11) is 3.88. The molecule has 2 unspecified atom stereocenters. The van der Waals surface area contributed by atoms with E-state index in [4.69, 9.17) is 4.74 Å². The van der Waals surface area contributed by atoms with Crippen molar-refractivity contribution in [3.8, 4) is 5.88 Å². The first-order chi connectivity index (χ1) is 9.76. The largest absolute Gasteiger partial charge is 0.481 e. The normalized spacial score (nSPS) is 23.8. The van der Waals surface area contributed by atoms with Gasteiger partial charge >= 0.3 is 0 Å². The van der Waals surface area contributed by atoms with E-state index in [0.717, 1.165) is 25.3 Å². The van der Waals surface area contributed by atoms with Gasteiger partial charge in [-0.2, -0.15) is 0 Å². The van der Waals surface area contributed by atoms with E-state index < -0.39 is 0 Å².